The largest absolute Gasteiger partial charge is 0.338 e. The molecule has 1 aliphatic heterocycles. The highest BCUT2D eigenvalue weighted by atomic mass is 16.2. The summed E-state index contributed by atoms with van der Waals surface area (Å²) in [5, 5.41) is 0. The lowest BCUT2D eigenvalue weighted by Crippen LogP contribution is -2.40. The number of piperidine rings is 1. The van der Waals surface area contributed by atoms with E-state index in [0.29, 0.717) is 13.1 Å². The van der Waals surface area contributed by atoms with Crippen LogP contribution >= 0.6 is 0 Å². The van der Waals surface area contributed by atoms with Crippen LogP contribution in [0, 0.1) is 0 Å². The minimum Gasteiger partial charge on any atom is -0.338 e. The topological polar surface area (TPSA) is 58.1 Å². The van der Waals surface area contributed by atoms with E-state index in [1.54, 1.807) is 0 Å². The van der Waals surface area contributed by atoms with Gasteiger partial charge in [-0.1, -0.05) is 31.2 Å². The molecule has 1 aliphatic rings. The SMILES string of the molecule is CCc1ccc(C(=O)N2CCC(n3c(=O)[nH]c4ccccc43)CC2)cc1. The summed E-state index contributed by atoms with van der Waals surface area (Å²) in [6.07, 6.45) is 2.56. The molecule has 3 aromatic rings. The van der Waals surface area contributed by atoms with Crippen molar-refractivity contribution in [3.63, 3.8) is 0 Å². The van der Waals surface area contributed by atoms with Crippen LogP contribution in [0.15, 0.2) is 53.3 Å². The Labute approximate surface area is 152 Å². The molecule has 1 saturated heterocycles. The lowest BCUT2D eigenvalue weighted by molar-refractivity contribution is 0.0695. The number of para-hydroxylation sites is 2. The fraction of sp³-hybridized carbons (Fsp3) is 0.333. The zero-order chi connectivity index (χ0) is 18.1. The number of hydrogen-bond donors (Lipinski definition) is 1. The van der Waals surface area contributed by atoms with Gasteiger partial charge in [0.05, 0.1) is 11.0 Å². The van der Waals surface area contributed by atoms with Gasteiger partial charge in [0.2, 0.25) is 0 Å². The summed E-state index contributed by atoms with van der Waals surface area (Å²) in [6, 6.07) is 15.8. The molecule has 2 heterocycles. The smallest absolute Gasteiger partial charge is 0.326 e. The van der Waals surface area contributed by atoms with Crippen LogP contribution in [0.5, 0.6) is 0 Å². The predicted octanol–water partition coefficient (Wildman–Crippen LogP) is 3.37. The molecule has 0 unspecified atom stereocenters. The molecule has 0 saturated carbocycles. The van der Waals surface area contributed by atoms with Gasteiger partial charge in [0, 0.05) is 24.7 Å². The number of likely N-dealkylation sites (tertiary alicyclic amines) is 1. The van der Waals surface area contributed by atoms with Gasteiger partial charge < -0.3 is 9.88 Å². The fourth-order valence-electron chi connectivity index (χ4n) is 3.83. The van der Waals surface area contributed by atoms with E-state index in [2.05, 4.69) is 11.9 Å². The third-order valence-electron chi connectivity index (χ3n) is 5.35. The number of nitrogens with one attached hydrogen (secondary N) is 1. The summed E-state index contributed by atoms with van der Waals surface area (Å²) in [7, 11) is 0. The molecule has 0 bridgehead atoms. The zero-order valence-electron chi connectivity index (χ0n) is 14.9. The van der Waals surface area contributed by atoms with E-state index in [0.717, 1.165) is 35.9 Å². The van der Waals surface area contributed by atoms with Crippen molar-refractivity contribution in [3.8, 4) is 0 Å². The summed E-state index contributed by atoms with van der Waals surface area (Å²) in [6.45, 7) is 3.45. The molecule has 2 aromatic carbocycles. The number of imidazole rings is 1. The van der Waals surface area contributed by atoms with Crippen molar-refractivity contribution in [3.05, 3.63) is 70.1 Å². The Bertz CT molecular complexity index is 976. The summed E-state index contributed by atoms with van der Waals surface area (Å²) >= 11 is 0. The second-order valence-electron chi connectivity index (χ2n) is 6.89. The van der Waals surface area contributed by atoms with Crippen molar-refractivity contribution in [2.75, 3.05) is 13.1 Å². The molecule has 134 valence electrons. The number of nitrogens with zero attached hydrogens (tertiary/aromatic N) is 2. The highest BCUT2D eigenvalue weighted by Crippen LogP contribution is 2.25. The number of rotatable bonds is 3. The summed E-state index contributed by atoms with van der Waals surface area (Å²) in [5.74, 6) is 0.0809. The fourth-order valence-corrected chi connectivity index (χ4v) is 3.83. The Morgan fingerprint density at radius 2 is 1.77 bits per heavy atom. The number of aromatic nitrogens is 2. The van der Waals surface area contributed by atoms with Gasteiger partial charge in [0.15, 0.2) is 0 Å². The van der Waals surface area contributed by atoms with E-state index >= 15 is 0 Å². The van der Waals surface area contributed by atoms with Crippen molar-refractivity contribution in [2.24, 2.45) is 0 Å². The maximum absolute atomic E-state index is 12.7. The summed E-state index contributed by atoms with van der Waals surface area (Å²) < 4.78 is 1.85. The molecule has 1 fully saturated rings. The molecule has 26 heavy (non-hydrogen) atoms. The first kappa shape index (κ1) is 16.6. The lowest BCUT2D eigenvalue weighted by atomic mass is 10.0. The molecular formula is C21H23N3O2. The van der Waals surface area contributed by atoms with Gasteiger partial charge in [-0.2, -0.15) is 0 Å². The molecule has 0 atom stereocenters. The van der Waals surface area contributed by atoms with Crippen LogP contribution in [-0.4, -0.2) is 33.4 Å². The first-order valence-corrected chi connectivity index (χ1v) is 9.25. The molecule has 5 heteroatoms. The number of carbonyl (C=O) groups excluding carboxylic acids is 1. The molecule has 0 spiro atoms. The van der Waals surface area contributed by atoms with Crippen LogP contribution in [0.1, 0.15) is 41.7 Å². The van der Waals surface area contributed by atoms with Gasteiger partial charge in [-0.3, -0.25) is 9.36 Å². The van der Waals surface area contributed by atoms with Gasteiger partial charge in [-0.25, -0.2) is 4.79 Å². The minimum absolute atomic E-state index is 0.0638. The monoisotopic (exact) mass is 349 g/mol. The molecule has 0 aliphatic carbocycles. The normalized spacial score (nSPS) is 15.5. The van der Waals surface area contributed by atoms with E-state index < -0.39 is 0 Å². The van der Waals surface area contributed by atoms with Crippen LogP contribution in [0.25, 0.3) is 11.0 Å². The molecule has 1 N–H and O–H groups in total. The molecule has 1 aromatic heterocycles. The lowest BCUT2D eigenvalue weighted by Gasteiger charge is -2.32. The highest BCUT2D eigenvalue weighted by Gasteiger charge is 2.26. The van der Waals surface area contributed by atoms with Crippen molar-refractivity contribution >= 4 is 16.9 Å². The third-order valence-corrected chi connectivity index (χ3v) is 5.35. The second-order valence-corrected chi connectivity index (χ2v) is 6.89. The number of hydrogen-bond acceptors (Lipinski definition) is 2. The molecule has 0 radical (unpaired) electrons. The van der Waals surface area contributed by atoms with Crippen LogP contribution < -0.4 is 5.69 Å². The van der Waals surface area contributed by atoms with Gasteiger partial charge >= 0.3 is 5.69 Å². The van der Waals surface area contributed by atoms with Crippen molar-refractivity contribution in [1.29, 1.82) is 0 Å². The Morgan fingerprint density at radius 3 is 2.46 bits per heavy atom. The predicted molar refractivity (Wildman–Crippen MR) is 103 cm³/mol. The van der Waals surface area contributed by atoms with Crippen LogP contribution in [-0.2, 0) is 6.42 Å². The van der Waals surface area contributed by atoms with Gasteiger partial charge in [-0.15, -0.1) is 0 Å². The maximum Gasteiger partial charge on any atom is 0.326 e. The Balaban J connectivity index is 1.49. The zero-order valence-corrected chi connectivity index (χ0v) is 14.9. The van der Waals surface area contributed by atoms with E-state index in [-0.39, 0.29) is 17.6 Å². The quantitative estimate of drug-likeness (QED) is 0.788. The van der Waals surface area contributed by atoms with Gasteiger partial charge in [0.1, 0.15) is 0 Å². The Kier molecular flexibility index (Phi) is 4.37. The maximum atomic E-state index is 12.7. The second kappa shape index (κ2) is 6.83. The van der Waals surface area contributed by atoms with Crippen molar-refractivity contribution in [2.45, 2.75) is 32.2 Å². The third kappa shape index (κ3) is 2.94. The number of carbonyl (C=O) groups is 1. The molecular weight excluding hydrogens is 326 g/mol. The minimum atomic E-state index is -0.0638. The number of aryl methyl sites for hydroxylation is 1. The number of fused-ring (bicyclic) bond motifs is 1. The summed E-state index contributed by atoms with van der Waals surface area (Å²) in [4.78, 5) is 29.9. The van der Waals surface area contributed by atoms with E-state index in [1.165, 1.54) is 5.56 Å². The van der Waals surface area contributed by atoms with Gasteiger partial charge in [0.25, 0.3) is 5.91 Å². The van der Waals surface area contributed by atoms with Crippen molar-refractivity contribution in [1.82, 2.24) is 14.5 Å². The first-order chi connectivity index (χ1) is 12.7. The van der Waals surface area contributed by atoms with Crippen molar-refractivity contribution < 1.29 is 4.79 Å². The molecule has 1 amide bonds. The number of H-pyrrole nitrogens is 1. The average Bonchev–Trinajstić information content (AvgIpc) is 3.03. The molecule has 5 nitrogen and oxygen atoms in total. The number of benzene rings is 2. The van der Waals surface area contributed by atoms with Crippen LogP contribution in [0.2, 0.25) is 0 Å². The van der Waals surface area contributed by atoms with Crippen LogP contribution in [0.4, 0.5) is 0 Å². The highest BCUT2D eigenvalue weighted by molar-refractivity contribution is 5.94. The average molecular weight is 349 g/mol. The van der Waals surface area contributed by atoms with E-state index in [4.69, 9.17) is 0 Å². The standard InChI is InChI=1S/C21H23N3O2/c1-2-15-7-9-16(10-8-15)20(25)23-13-11-17(12-14-23)24-19-6-4-3-5-18(19)22-21(24)26/h3-10,17H,2,11-14H2,1H3,(H,22,26). The van der Waals surface area contributed by atoms with E-state index in [1.807, 2.05) is 58.0 Å². The Hall–Kier alpha value is -2.82. The summed E-state index contributed by atoms with van der Waals surface area (Å²) in [5.41, 5.74) is 3.72. The number of aromatic amines is 1. The first-order valence-electron chi connectivity index (χ1n) is 9.25. The number of amides is 1. The van der Waals surface area contributed by atoms with Gasteiger partial charge in [-0.05, 0) is 49.1 Å². The van der Waals surface area contributed by atoms with E-state index in [9.17, 15) is 9.59 Å². The van der Waals surface area contributed by atoms with Crippen LogP contribution in [0.3, 0.4) is 0 Å². The molecule has 4 rings (SSSR count). The Morgan fingerprint density at radius 1 is 1.08 bits per heavy atom.